The third-order valence-corrected chi connectivity index (χ3v) is 6.68. The van der Waals surface area contributed by atoms with E-state index in [0.717, 1.165) is 24.7 Å². The number of carbonyl (C=O) groups excluding carboxylic acids is 1. The summed E-state index contributed by atoms with van der Waals surface area (Å²) in [6.07, 6.45) is 2.64. The summed E-state index contributed by atoms with van der Waals surface area (Å²) in [4.78, 5) is 19.3. The topological polar surface area (TPSA) is 145 Å². The summed E-state index contributed by atoms with van der Waals surface area (Å²) in [5.41, 5.74) is 0.985. The lowest BCUT2D eigenvalue weighted by atomic mass is 9.83. The monoisotopic (exact) mass is 637 g/mol. The molecule has 3 aromatic rings. The molecule has 15 heteroatoms. The first-order valence-corrected chi connectivity index (χ1v) is 13.5. The number of nitrogens with zero attached hydrogens (tertiary/aromatic N) is 3. The highest BCUT2D eigenvalue weighted by Crippen LogP contribution is 2.49. The van der Waals surface area contributed by atoms with Crippen LogP contribution in [-0.2, 0) is 21.1 Å². The normalized spacial score (nSPS) is 13.5. The SMILES string of the molecule is NCCCC[C@H](NCl)C(=O)OC(CN(N)/C=N\N)(c1ccc(F)cc1F)C(F)(F)c1ccc(C#Cc2ccc(F)cc2)cn1. The van der Waals surface area contributed by atoms with Crippen molar-refractivity contribution in [1.82, 2.24) is 14.8 Å². The number of esters is 1. The maximum atomic E-state index is 16.8. The van der Waals surface area contributed by atoms with E-state index < -0.39 is 58.8 Å². The van der Waals surface area contributed by atoms with E-state index in [9.17, 15) is 13.6 Å². The molecule has 44 heavy (non-hydrogen) atoms. The fraction of sp³-hybridized carbons (Fsp3) is 0.276. The molecule has 0 fully saturated rings. The van der Waals surface area contributed by atoms with E-state index in [1.165, 1.54) is 30.3 Å². The molecule has 0 aliphatic carbocycles. The van der Waals surface area contributed by atoms with Crippen LogP contribution in [0.15, 0.2) is 65.9 Å². The second-order valence-electron chi connectivity index (χ2n) is 9.52. The number of unbranched alkanes of at least 4 members (excludes halogenated alkanes) is 1. The second-order valence-corrected chi connectivity index (χ2v) is 9.74. The fourth-order valence-corrected chi connectivity index (χ4v) is 4.39. The Kier molecular flexibility index (Phi) is 12.0. The molecule has 2 atom stereocenters. The van der Waals surface area contributed by atoms with Gasteiger partial charge in [0.2, 0.25) is 5.60 Å². The van der Waals surface area contributed by atoms with Gasteiger partial charge in [-0.2, -0.15) is 13.9 Å². The molecule has 0 amide bonds. The van der Waals surface area contributed by atoms with Crippen molar-refractivity contribution in [2.75, 3.05) is 13.1 Å². The van der Waals surface area contributed by atoms with Crippen molar-refractivity contribution < 1.29 is 31.5 Å². The number of nitrogens with two attached hydrogens (primary N) is 3. The Hall–Kier alpha value is -4.29. The second kappa shape index (κ2) is 15.4. The molecule has 0 radical (unpaired) electrons. The minimum Gasteiger partial charge on any atom is -0.444 e. The lowest BCUT2D eigenvalue weighted by molar-refractivity contribution is -0.230. The van der Waals surface area contributed by atoms with Crippen molar-refractivity contribution in [2.24, 2.45) is 22.5 Å². The number of aromatic nitrogens is 1. The van der Waals surface area contributed by atoms with Crippen LogP contribution < -0.4 is 22.3 Å². The highest BCUT2D eigenvalue weighted by molar-refractivity contribution is 6.14. The number of benzene rings is 2. The summed E-state index contributed by atoms with van der Waals surface area (Å²) in [7, 11) is 0. The molecule has 0 saturated carbocycles. The fourth-order valence-electron chi connectivity index (χ4n) is 4.20. The number of ether oxygens (including phenoxy) is 1. The largest absolute Gasteiger partial charge is 0.444 e. The molecule has 1 aromatic heterocycles. The number of halogens is 6. The lowest BCUT2D eigenvalue weighted by Gasteiger charge is -2.41. The molecular weight excluding hydrogens is 609 g/mol. The first-order chi connectivity index (χ1) is 21.0. The summed E-state index contributed by atoms with van der Waals surface area (Å²) in [5.74, 6) is 7.82. The quantitative estimate of drug-likeness (QED) is 0.0255. The molecular formula is C29H29ClF5N7O2. The summed E-state index contributed by atoms with van der Waals surface area (Å²) >= 11 is 5.74. The van der Waals surface area contributed by atoms with Crippen molar-refractivity contribution in [3.63, 3.8) is 0 Å². The molecule has 0 saturated heterocycles. The summed E-state index contributed by atoms with van der Waals surface area (Å²) in [5, 5.41) is 3.73. The number of carbonyl (C=O) groups is 1. The number of pyridine rings is 1. The van der Waals surface area contributed by atoms with Crippen molar-refractivity contribution >= 4 is 24.1 Å². The lowest BCUT2D eigenvalue weighted by Crippen LogP contribution is -2.57. The first kappa shape index (κ1) is 34.2. The molecule has 9 nitrogen and oxygen atoms in total. The third-order valence-electron chi connectivity index (χ3n) is 6.41. The van der Waals surface area contributed by atoms with Gasteiger partial charge >= 0.3 is 11.9 Å². The van der Waals surface area contributed by atoms with Crippen molar-refractivity contribution in [3.05, 3.63) is 101 Å². The van der Waals surface area contributed by atoms with Crippen LogP contribution in [0.3, 0.4) is 0 Å². The Morgan fingerprint density at radius 3 is 2.32 bits per heavy atom. The molecule has 0 aliphatic rings. The summed E-state index contributed by atoms with van der Waals surface area (Å²) < 4.78 is 81.5. The minimum atomic E-state index is -4.33. The van der Waals surface area contributed by atoms with Gasteiger partial charge in [0.25, 0.3) is 0 Å². The Morgan fingerprint density at radius 2 is 1.73 bits per heavy atom. The number of hydrazone groups is 1. The Labute approximate surface area is 255 Å². The zero-order valence-electron chi connectivity index (χ0n) is 23.1. The zero-order chi connectivity index (χ0) is 32.3. The van der Waals surface area contributed by atoms with Gasteiger partial charge in [0.15, 0.2) is 0 Å². The average molecular weight is 638 g/mol. The van der Waals surface area contributed by atoms with Crippen molar-refractivity contribution in [1.29, 1.82) is 0 Å². The van der Waals surface area contributed by atoms with Crippen LogP contribution in [0, 0.1) is 29.3 Å². The Morgan fingerprint density at radius 1 is 1.07 bits per heavy atom. The maximum Gasteiger partial charge on any atom is 0.334 e. The predicted molar refractivity (Wildman–Crippen MR) is 154 cm³/mol. The molecule has 1 unspecified atom stereocenters. The molecule has 0 aliphatic heterocycles. The molecule has 2 aromatic carbocycles. The van der Waals surface area contributed by atoms with E-state index in [4.69, 9.17) is 33.9 Å². The van der Waals surface area contributed by atoms with Gasteiger partial charge in [-0.1, -0.05) is 11.8 Å². The maximum absolute atomic E-state index is 16.8. The van der Waals surface area contributed by atoms with Gasteiger partial charge in [-0.05, 0) is 86.1 Å². The van der Waals surface area contributed by atoms with Gasteiger partial charge in [-0.3, -0.25) is 14.8 Å². The smallest absolute Gasteiger partial charge is 0.334 e. The average Bonchev–Trinajstić information content (AvgIpc) is 2.99. The molecule has 7 N–H and O–H groups in total. The minimum absolute atomic E-state index is 0.0311. The summed E-state index contributed by atoms with van der Waals surface area (Å²) in [6.45, 7) is -0.829. The first-order valence-electron chi connectivity index (χ1n) is 13.1. The van der Waals surface area contributed by atoms with E-state index in [1.54, 1.807) is 0 Å². The van der Waals surface area contributed by atoms with Gasteiger partial charge < -0.3 is 16.3 Å². The van der Waals surface area contributed by atoms with Gasteiger partial charge in [0.05, 0.1) is 6.54 Å². The van der Waals surface area contributed by atoms with E-state index in [1.807, 2.05) is 0 Å². The number of alkyl halides is 2. The van der Waals surface area contributed by atoms with Crippen LogP contribution in [0.4, 0.5) is 22.0 Å². The number of hydrogen-bond donors (Lipinski definition) is 4. The number of nitrogens with one attached hydrogen (secondary N) is 1. The highest BCUT2D eigenvalue weighted by Gasteiger charge is 2.62. The van der Waals surface area contributed by atoms with E-state index >= 15 is 13.2 Å². The van der Waals surface area contributed by atoms with E-state index in [2.05, 4.69) is 26.8 Å². The van der Waals surface area contributed by atoms with Crippen LogP contribution in [0.1, 0.15) is 41.6 Å². The van der Waals surface area contributed by atoms with Crippen LogP contribution in [0.5, 0.6) is 0 Å². The van der Waals surface area contributed by atoms with Crippen LogP contribution >= 0.6 is 11.8 Å². The Balaban J connectivity index is 2.15. The van der Waals surface area contributed by atoms with Crippen molar-refractivity contribution in [3.8, 4) is 11.8 Å². The number of hydrazine groups is 1. The standard InChI is InChI=1S/C29H29ClF5N7O2/c30-41-25(3-1-2-14-36)27(43)44-28(17-42(38)18-40-37,23-12-11-22(32)15-24(23)33)29(34,35)26-13-8-20(16-39-26)5-4-19-6-9-21(31)10-7-19/h6-13,15-16,18,25,41H,1-3,14,17,36-38H2/b40-18-/t25-,28?/m0/s1. The molecule has 234 valence electrons. The number of rotatable bonds is 13. The van der Waals surface area contributed by atoms with E-state index in [-0.39, 0.29) is 12.0 Å². The Bertz CT molecular complexity index is 1500. The van der Waals surface area contributed by atoms with Gasteiger partial charge in [0.1, 0.15) is 35.5 Å². The van der Waals surface area contributed by atoms with Gasteiger partial charge in [-0.25, -0.2) is 23.8 Å². The molecule has 3 rings (SSSR count). The van der Waals surface area contributed by atoms with Crippen LogP contribution in [-0.4, -0.2) is 41.4 Å². The van der Waals surface area contributed by atoms with Crippen LogP contribution in [0.25, 0.3) is 0 Å². The van der Waals surface area contributed by atoms with Gasteiger partial charge in [0, 0.05) is 29.0 Å². The highest BCUT2D eigenvalue weighted by atomic mass is 35.5. The molecule has 1 heterocycles. The zero-order valence-corrected chi connectivity index (χ0v) is 23.9. The third kappa shape index (κ3) is 8.20. The van der Waals surface area contributed by atoms with Crippen molar-refractivity contribution in [2.45, 2.75) is 36.8 Å². The molecule has 0 spiro atoms. The van der Waals surface area contributed by atoms with Gasteiger partial charge in [-0.15, -0.1) is 0 Å². The molecule has 0 bridgehead atoms. The summed E-state index contributed by atoms with van der Waals surface area (Å²) in [6, 6.07) is 7.84. The number of hydrogen-bond acceptors (Lipinski definition) is 8. The van der Waals surface area contributed by atoms with E-state index in [0.29, 0.717) is 42.1 Å². The predicted octanol–water partition coefficient (Wildman–Crippen LogP) is 3.75. The van der Waals surface area contributed by atoms with Crippen LogP contribution in [0.2, 0.25) is 0 Å².